The van der Waals surface area contributed by atoms with E-state index < -0.39 is 18.1 Å². The average molecular weight is 239 g/mol. The minimum atomic E-state index is -4.22. The molecule has 0 N–H and O–H groups in total. The maximum Gasteiger partial charge on any atom is 0.401 e. The third-order valence-corrected chi connectivity index (χ3v) is 2.77. The lowest BCUT2D eigenvalue weighted by Gasteiger charge is -2.34. The summed E-state index contributed by atoms with van der Waals surface area (Å²) in [5.74, 6) is 0. The SMILES string of the molecule is CCC(C)(C=O)CN(CC(F)(F)F)C(C)C. The number of hydrogen-bond donors (Lipinski definition) is 0. The van der Waals surface area contributed by atoms with E-state index in [1.165, 1.54) is 4.90 Å². The van der Waals surface area contributed by atoms with Crippen LogP contribution in [-0.4, -0.2) is 36.5 Å². The van der Waals surface area contributed by atoms with Crippen LogP contribution in [0.4, 0.5) is 13.2 Å². The molecule has 0 aromatic carbocycles. The number of rotatable bonds is 6. The zero-order valence-electron chi connectivity index (χ0n) is 10.3. The molecule has 0 saturated heterocycles. The average Bonchev–Trinajstić information content (AvgIpc) is 2.14. The molecule has 0 heterocycles. The highest BCUT2D eigenvalue weighted by Gasteiger charge is 2.35. The highest BCUT2D eigenvalue weighted by atomic mass is 19.4. The minimum absolute atomic E-state index is 0.143. The van der Waals surface area contributed by atoms with Crippen molar-refractivity contribution in [3.05, 3.63) is 0 Å². The lowest BCUT2D eigenvalue weighted by atomic mass is 9.88. The minimum Gasteiger partial charge on any atom is -0.303 e. The van der Waals surface area contributed by atoms with Gasteiger partial charge < -0.3 is 4.79 Å². The van der Waals surface area contributed by atoms with Crippen molar-refractivity contribution in [2.24, 2.45) is 5.41 Å². The first-order valence-electron chi connectivity index (χ1n) is 5.40. The van der Waals surface area contributed by atoms with E-state index in [1.54, 1.807) is 27.7 Å². The largest absolute Gasteiger partial charge is 0.401 e. The van der Waals surface area contributed by atoms with E-state index in [1.807, 2.05) is 0 Å². The predicted octanol–water partition coefficient (Wildman–Crippen LogP) is 2.87. The van der Waals surface area contributed by atoms with Gasteiger partial charge in [-0.1, -0.05) is 13.8 Å². The number of alkyl halides is 3. The van der Waals surface area contributed by atoms with Gasteiger partial charge in [-0.25, -0.2) is 0 Å². The van der Waals surface area contributed by atoms with Gasteiger partial charge in [0, 0.05) is 18.0 Å². The molecular formula is C11H20F3NO. The van der Waals surface area contributed by atoms with Gasteiger partial charge in [-0.3, -0.25) is 4.90 Å². The highest BCUT2D eigenvalue weighted by molar-refractivity contribution is 5.58. The van der Waals surface area contributed by atoms with Crippen LogP contribution in [0.25, 0.3) is 0 Å². The lowest BCUT2D eigenvalue weighted by molar-refractivity contribution is -0.154. The van der Waals surface area contributed by atoms with E-state index in [-0.39, 0.29) is 12.6 Å². The van der Waals surface area contributed by atoms with Crippen LogP contribution in [-0.2, 0) is 4.79 Å². The molecule has 0 bridgehead atoms. The van der Waals surface area contributed by atoms with Crippen LogP contribution in [0, 0.1) is 5.41 Å². The summed E-state index contributed by atoms with van der Waals surface area (Å²) < 4.78 is 37.0. The molecule has 0 amide bonds. The van der Waals surface area contributed by atoms with E-state index in [0.717, 1.165) is 6.29 Å². The number of halogens is 3. The molecular weight excluding hydrogens is 219 g/mol. The van der Waals surface area contributed by atoms with Crippen molar-refractivity contribution in [2.45, 2.75) is 46.3 Å². The van der Waals surface area contributed by atoms with Gasteiger partial charge in [0.2, 0.25) is 0 Å². The summed E-state index contributed by atoms with van der Waals surface area (Å²) in [6, 6.07) is -0.229. The lowest BCUT2D eigenvalue weighted by Crippen LogP contribution is -2.45. The Morgan fingerprint density at radius 3 is 2.00 bits per heavy atom. The fourth-order valence-corrected chi connectivity index (χ4v) is 1.35. The Morgan fingerprint density at radius 2 is 1.75 bits per heavy atom. The van der Waals surface area contributed by atoms with Crippen molar-refractivity contribution in [3.63, 3.8) is 0 Å². The van der Waals surface area contributed by atoms with Crippen molar-refractivity contribution in [3.8, 4) is 0 Å². The molecule has 0 spiro atoms. The molecule has 1 unspecified atom stereocenters. The Labute approximate surface area is 94.8 Å². The molecule has 16 heavy (non-hydrogen) atoms. The van der Waals surface area contributed by atoms with Crippen LogP contribution >= 0.6 is 0 Å². The van der Waals surface area contributed by atoms with E-state index >= 15 is 0 Å². The van der Waals surface area contributed by atoms with E-state index in [0.29, 0.717) is 6.42 Å². The molecule has 0 fully saturated rings. The second kappa shape index (κ2) is 5.66. The van der Waals surface area contributed by atoms with Crippen LogP contribution in [0.2, 0.25) is 0 Å². The van der Waals surface area contributed by atoms with Crippen LogP contribution in [0.15, 0.2) is 0 Å². The molecule has 5 heteroatoms. The van der Waals surface area contributed by atoms with Gasteiger partial charge >= 0.3 is 6.18 Å². The number of nitrogens with zero attached hydrogens (tertiary/aromatic N) is 1. The predicted molar refractivity (Wildman–Crippen MR) is 57.2 cm³/mol. The molecule has 0 aliphatic rings. The highest BCUT2D eigenvalue weighted by Crippen LogP contribution is 2.24. The van der Waals surface area contributed by atoms with Crippen LogP contribution in [0.3, 0.4) is 0 Å². The fourth-order valence-electron chi connectivity index (χ4n) is 1.35. The van der Waals surface area contributed by atoms with Crippen molar-refractivity contribution in [1.82, 2.24) is 4.90 Å². The summed E-state index contributed by atoms with van der Waals surface area (Å²) >= 11 is 0. The second-order valence-electron chi connectivity index (χ2n) is 4.74. The maximum absolute atomic E-state index is 12.3. The van der Waals surface area contributed by atoms with Crippen molar-refractivity contribution in [2.75, 3.05) is 13.1 Å². The number of carbonyl (C=O) groups is 1. The van der Waals surface area contributed by atoms with E-state index in [4.69, 9.17) is 0 Å². The smallest absolute Gasteiger partial charge is 0.303 e. The van der Waals surface area contributed by atoms with Crippen molar-refractivity contribution < 1.29 is 18.0 Å². The van der Waals surface area contributed by atoms with Gasteiger partial charge in [-0.15, -0.1) is 0 Å². The summed E-state index contributed by atoms with van der Waals surface area (Å²) in [6.07, 6.45) is -2.93. The Bertz CT molecular complexity index is 228. The third-order valence-electron chi connectivity index (χ3n) is 2.77. The molecule has 0 aliphatic heterocycles. The van der Waals surface area contributed by atoms with Crippen molar-refractivity contribution >= 4 is 6.29 Å². The van der Waals surface area contributed by atoms with E-state index in [9.17, 15) is 18.0 Å². The standard InChI is InChI=1S/C11H20F3NO/c1-5-10(4,8-16)6-15(9(2)3)7-11(12,13)14/h8-9H,5-7H2,1-4H3. The van der Waals surface area contributed by atoms with Gasteiger partial charge in [0.25, 0.3) is 0 Å². The van der Waals surface area contributed by atoms with Gasteiger partial charge in [0.15, 0.2) is 0 Å². The quantitative estimate of drug-likeness (QED) is 0.664. The first-order valence-corrected chi connectivity index (χ1v) is 5.40. The summed E-state index contributed by atoms with van der Waals surface area (Å²) in [7, 11) is 0. The third kappa shape index (κ3) is 5.49. The topological polar surface area (TPSA) is 20.3 Å². The molecule has 96 valence electrons. The Kier molecular flexibility index (Phi) is 5.46. The number of hydrogen-bond acceptors (Lipinski definition) is 2. The van der Waals surface area contributed by atoms with Gasteiger partial charge in [-0.2, -0.15) is 13.2 Å². The zero-order valence-corrected chi connectivity index (χ0v) is 10.3. The van der Waals surface area contributed by atoms with E-state index in [2.05, 4.69) is 0 Å². The monoisotopic (exact) mass is 239 g/mol. The van der Waals surface area contributed by atoms with Gasteiger partial charge in [0.1, 0.15) is 6.29 Å². The Morgan fingerprint density at radius 1 is 1.25 bits per heavy atom. The molecule has 0 rings (SSSR count). The summed E-state index contributed by atoms with van der Waals surface area (Å²) in [4.78, 5) is 12.2. The summed E-state index contributed by atoms with van der Waals surface area (Å²) in [5, 5.41) is 0. The second-order valence-corrected chi connectivity index (χ2v) is 4.74. The Balaban J connectivity index is 4.63. The molecule has 0 aromatic rings. The Hall–Kier alpha value is -0.580. The van der Waals surface area contributed by atoms with Gasteiger partial charge in [-0.05, 0) is 20.3 Å². The van der Waals surface area contributed by atoms with Crippen molar-refractivity contribution in [1.29, 1.82) is 0 Å². The fraction of sp³-hybridized carbons (Fsp3) is 0.909. The zero-order chi connectivity index (χ0) is 13.0. The van der Waals surface area contributed by atoms with Crippen LogP contribution < -0.4 is 0 Å². The first-order chi connectivity index (χ1) is 7.13. The maximum atomic E-state index is 12.3. The van der Waals surface area contributed by atoms with Gasteiger partial charge in [0.05, 0.1) is 6.54 Å². The molecule has 1 atom stereocenters. The van der Waals surface area contributed by atoms with Crippen LogP contribution in [0.1, 0.15) is 34.1 Å². The molecule has 2 nitrogen and oxygen atoms in total. The normalized spacial score (nSPS) is 16.6. The molecule has 0 aromatic heterocycles. The summed E-state index contributed by atoms with van der Waals surface area (Å²) in [6.45, 7) is 6.07. The summed E-state index contributed by atoms with van der Waals surface area (Å²) in [5.41, 5.74) is -0.699. The number of aldehydes is 1. The molecule has 0 aliphatic carbocycles. The molecule has 0 radical (unpaired) electrons. The van der Waals surface area contributed by atoms with Crippen LogP contribution in [0.5, 0.6) is 0 Å². The first kappa shape index (κ1) is 15.4. The molecule has 0 saturated carbocycles. The number of carbonyl (C=O) groups excluding carboxylic acids is 1.